The summed E-state index contributed by atoms with van der Waals surface area (Å²) in [4.78, 5) is 21.9. The maximum Gasteiger partial charge on any atom is 0.269 e. The normalized spacial score (nSPS) is 10.7. The first-order chi connectivity index (χ1) is 12.5. The fourth-order valence-electron chi connectivity index (χ4n) is 1.96. The second kappa shape index (κ2) is 9.42. The number of amides is 1. The van der Waals surface area contributed by atoms with Gasteiger partial charge in [-0.3, -0.25) is 14.9 Å². The van der Waals surface area contributed by atoms with Crippen LogP contribution in [0.3, 0.4) is 0 Å². The SMILES string of the molecule is COc1cc(/C=N\NC(=O)CSCc2ccc([N+](=O)[O-])cc2)ccc1O. The molecule has 136 valence electrons. The van der Waals surface area contributed by atoms with Crippen LogP contribution >= 0.6 is 11.8 Å². The van der Waals surface area contributed by atoms with Crippen LogP contribution in [0.25, 0.3) is 0 Å². The third-order valence-electron chi connectivity index (χ3n) is 3.26. The highest BCUT2D eigenvalue weighted by molar-refractivity contribution is 7.99. The molecular formula is C17H17N3O5S. The van der Waals surface area contributed by atoms with E-state index < -0.39 is 4.92 Å². The van der Waals surface area contributed by atoms with Crippen molar-refractivity contribution in [3.8, 4) is 11.5 Å². The Morgan fingerprint density at radius 1 is 1.35 bits per heavy atom. The Labute approximate surface area is 154 Å². The minimum Gasteiger partial charge on any atom is -0.504 e. The predicted molar refractivity (Wildman–Crippen MR) is 99.7 cm³/mol. The van der Waals surface area contributed by atoms with Crippen LogP contribution in [0.1, 0.15) is 11.1 Å². The zero-order chi connectivity index (χ0) is 18.9. The molecule has 8 nitrogen and oxygen atoms in total. The van der Waals surface area contributed by atoms with Crippen LogP contribution in [0.15, 0.2) is 47.6 Å². The van der Waals surface area contributed by atoms with Gasteiger partial charge in [0.25, 0.3) is 5.69 Å². The van der Waals surface area contributed by atoms with Crippen molar-refractivity contribution in [2.45, 2.75) is 5.75 Å². The number of rotatable bonds is 8. The second-order valence-electron chi connectivity index (χ2n) is 5.14. The van der Waals surface area contributed by atoms with Crippen molar-refractivity contribution in [2.24, 2.45) is 5.10 Å². The predicted octanol–water partition coefficient (Wildman–Crippen LogP) is 2.69. The van der Waals surface area contributed by atoms with Gasteiger partial charge < -0.3 is 9.84 Å². The highest BCUT2D eigenvalue weighted by Crippen LogP contribution is 2.25. The van der Waals surface area contributed by atoms with Gasteiger partial charge in [-0.25, -0.2) is 5.43 Å². The Bertz CT molecular complexity index is 809. The maximum absolute atomic E-state index is 11.7. The summed E-state index contributed by atoms with van der Waals surface area (Å²) in [7, 11) is 1.44. The molecule has 0 aliphatic heterocycles. The number of methoxy groups -OCH3 is 1. The lowest BCUT2D eigenvalue weighted by Gasteiger charge is -2.04. The molecule has 26 heavy (non-hydrogen) atoms. The fraction of sp³-hybridized carbons (Fsp3) is 0.176. The van der Waals surface area contributed by atoms with Crippen molar-refractivity contribution in [1.29, 1.82) is 0 Å². The molecule has 0 saturated carbocycles. The number of carbonyl (C=O) groups is 1. The van der Waals surface area contributed by atoms with Crippen molar-refractivity contribution < 1.29 is 19.6 Å². The Morgan fingerprint density at radius 2 is 2.08 bits per heavy atom. The molecule has 2 N–H and O–H groups in total. The van der Waals surface area contributed by atoms with E-state index in [9.17, 15) is 20.0 Å². The number of carbonyl (C=O) groups excluding carboxylic acids is 1. The van der Waals surface area contributed by atoms with Crippen molar-refractivity contribution in [3.63, 3.8) is 0 Å². The number of thioether (sulfide) groups is 1. The van der Waals surface area contributed by atoms with Gasteiger partial charge in [-0.2, -0.15) is 5.10 Å². The van der Waals surface area contributed by atoms with E-state index in [2.05, 4.69) is 10.5 Å². The molecule has 0 radical (unpaired) electrons. The van der Waals surface area contributed by atoms with Gasteiger partial charge in [0.2, 0.25) is 5.91 Å². The molecule has 0 bridgehead atoms. The molecular weight excluding hydrogens is 358 g/mol. The average molecular weight is 375 g/mol. The van der Waals surface area contributed by atoms with E-state index in [0.29, 0.717) is 17.1 Å². The molecule has 0 aliphatic carbocycles. The van der Waals surface area contributed by atoms with Crippen LogP contribution in [0.4, 0.5) is 5.69 Å². The maximum atomic E-state index is 11.7. The fourth-order valence-corrected chi connectivity index (χ4v) is 2.74. The first-order valence-electron chi connectivity index (χ1n) is 7.49. The number of aromatic hydroxyl groups is 1. The number of nitrogens with one attached hydrogen (secondary N) is 1. The van der Waals surface area contributed by atoms with E-state index in [0.717, 1.165) is 5.56 Å². The number of hydrazone groups is 1. The summed E-state index contributed by atoms with van der Waals surface area (Å²) in [6, 6.07) is 10.9. The topological polar surface area (TPSA) is 114 Å². The Morgan fingerprint density at radius 3 is 2.73 bits per heavy atom. The summed E-state index contributed by atoms with van der Waals surface area (Å²) in [5.74, 6) is 0.839. The minimum atomic E-state index is -0.452. The van der Waals surface area contributed by atoms with E-state index >= 15 is 0 Å². The smallest absolute Gasteiger partial charge is 0.269 e. The molecule has 2 aromatic carbocycles. The molecule has 0 aromatic heterocycles. The van der Waals surface area contributed by atoms with Gasteiger partial charge in [-0.1, -0.05) is 12.1 Å². The lowest BCUT2D eigenvalue weighted by molar-refractivity contribution is -0.384. The summed E-state index contributed by atoms with van der Waals surface area (Å²) in [6.45, 7) is 0. The van der Waals surface area contributed by atoms with Crippen LogP contribution in [0.5, 0.6) is 11.5 Å². The first-order valence-corrected chi connectivity index (χ1v) is 8.65. The molecule has 0 fully saturated rings. The number of nitrogens with zero attached hydrogens (tertiary/aromatic N) is 2. The lowest BCUT2D eigenvalue weighted by atomic mass is 10.2. The van der Waals surface area contributed by atoms with Crippen LogP contribution in [0.2, 0.25) is 0 Å². The summed E-state index contributed by atoms with van der Waals surface area (Å²) in [5.41, 5.74) is 4.01. The van der Waals surface area contributed by atoms with Crippen molar-refractivity contribution in [3.05, 3.63) is 63.7 Å². The molecule has 2 aromatic rings. The zero-order valence-corrected chi connectivity index (χ0v) is 14.7. The van der Waals surface area contributed by atoms with Gasteiger partial charge in [0.1, 0.15) is 0 Å². The zero-order valence-electron chi connectivity index (χ0n) is 13.9. The Kier molecular flexibility index (Phi) is 6.98. The number of hydrogen-bond acceptors (Lipinski definition) is 7. The number of non-ortho nitro benzene ring substituents is 1. The molecule has 0 atom stereocenters. The van der Waals surface area contributed by atoms with Crippen molar-refractivity contribution >= 4 is 29.6 Å². The molecule has 0 spiro atoms. The van der Waals surface area contributed by atoms with Gasteiger partial charge in [-0.15, -0.1) is 11.8 Å². The van der Waals surface area contributed by atoms with Gasteiger partial charge in [-0.05, 0) is 29.3 Å². The van der Waals surface area contributed by atoms with Crippen molar-refractivity contribution in [1.82, 2.24) is 5.43 Å². The summed E-state index contributed by atoms with van der Waals surface area (Å²) in [6.07, 6.45) is 1.45. The summed E-state index contributed by atoms with van der Waals surface area (Å²) >= 11 is 1.37. The van der Waals surface area contributed by atoms with E-state index in [1.165, 1.54) is 43.3 Å². The number of nitro groups is 1. The summed E-state index contributed by atoms with van der Waals surface area (Å²) in [5, 5.41) is 23.9. The van der Waals surface area contributed by atoms with E-state index in [-0.39, 0.29) is 23.1 Å². The molecule has 0 aliphatic rings. The number of nitro benzene ring substituents is 1. The number of hydrogen-bond donors (Lipinski definition) is 2. The molecule has 0 heterocycles. The largest absolute Gasteiger partial charge is 0.504 e. The van der Waals surface area contributed by atoms with Crippen LogP contribution in [-0.2, 0) is 10.5 Å². The third kappa shape index (κ3) is 5.78. The lowest BCUT2D eigenvalue weighted by Crippen LogP contribution is -2.19. The van der Waals surface area contributed by atoms with Gasteiger partial charge in [0.05, 0.1) is 24.0 Å². The highest BCUT2D eigenvalue weighted by Gasteiger charge is 2.05. The summed E-state index contributed by atoms with van der Waals surface area (Å²) < 4.78 is 4.99. The molecule has 0 unspecified atom stereocenters. The number of phenols is 1. The number of benzene rings is 2. The van der Waals surface area contributed by atoms with Crippen LogP contribution in [0, 0.1) is 10.1 Å². The monoisotopic (exact) mass is 375 g/mol. The number of ether oxygens (including phenoxy) is 1. The second-order valence-corrected chi connectivity index (χ2v) is 6.13. The van der Waals surface area contributed by atoms with E-state index in [1.54, 1.807) is 24.3 Å². The average Bonchev–Trinajstić information content (AvgIpc) is 2.63. The van der Waals surface area contributed by atoms with Gasteiger partial charge in [0, 0.05) is 17.9 Å². The van der Waals surface area contributed by atoms with Crippen LogP contribution in [-0.4, -0.2) is 35.0 Å². The molecule has 1 amide bonds. The molecule has 2 rings (SSSR count). The quantitative estimate of drug-likeness (QED) is 0.416. The van der Waals surface area contributed by atoms with Crippen molar-refractivity contribution in [2.75, 3.05) is 12.9 Å². The minimum absolute atomic E-state index is 0.0244. The standard InChI is InChI=1S/C17H17N3O5S/c1-25-16-8-13(4-7-15(16)21)9-18-19-17(22)11-26-10-12-2-5-14(6-3-12)20(23)24/h2-9,21H,10-11H2,1H3,(H,19,22)/b18-9-. The van der Waals surface area contributed by atoms with E-state index in [4.69, 9.17) is 4.74 Å². The third-order valence-corrected chi connectivity index (χ3v) is 4.26. The van der Waals surface area contributed by atoms with Gasteiger partial charge >= 0.3 is 0 Å². The number of phenolic OH excluding ortho intramolecular Hbond substituents is 1. The molecule has 9 heteroatoms. The first kappa shape index (κ1) is 19.3. The van der Waals surface area contributed by atoms with Gasteiger partial charge in [0.15, 0.2) is 11.5 Å². The highest BCUT2D eigenvalue weighted by atomic mass is 32.2. The molecule has 0 saturated heterocycles. The Balaban J connectivity index is 1.75. The Hall–Kier alpha value is -3.07. The van der Waals surface area contributed by atoms with Crippen LogP contribution < -0.4 is 10.2 Å². The van der Waals surface area contributed by atoms with E-state index in [1.807, 2.05) is 0 Å².